The number of rotatable bonds is 5. The van der Waals surface area contributed by atoms with E-state index in [0.29, 0.717) is 0 Å². The fourth-order valence-corrected chi connectivity index (χ4v) is 3.03. The topological polar surface area (TPSA) is 29.3 Å². The summed E-state index contributed by atoms with van der Waals surface area (Å²) in [6, 6.07) is 10.6. The second-order valence-electron chi connectivity index (χ2n) is 5.74. The van der Waals surface area contributed by atoms with Crippen LogP contribution in [0.4, 0.5) is 0 Å². The van der Waals surface area contributed by atoms with Crippen LogP contribution in [0.25, 0.3) is 0 Å². The molecule has 0 heterocycles. The predicted octanol–water partition coefficient (Wildman–Crippen LogP) is 3.20. The number of benzene rings is 1. The maximum atomic E-state index is 6.26. The molecule has 1 saturated carbocycles. The van der Waals surface area contributed by atoms with Crippen LogP contribution in [0.2, 0.25) is 0 Å². The Hall–Kier alpha value is -0.860. The van der Waals surface area contributed by atoms with Gasteiger partial charge in [-0.05, 0) is 31.4 Å². The molecule has 0 bridgehead atoms. The quantitative estimate of drug-likeness (QED) is 0.864. The van der Waals surface area contributed by atoms with E-state index in [-0.39, 0.29) is 6.04 Å². The van der Waals surface area contributed by atoms with E-state index < -0.39 is 0 Å². The van der Waals surface area contributed by atoms with Crippen LogP contribution in [-0.4, -0.2) is 25.0 Å². The van der Waals surface area contributed by atoms with Gasteiger partial charge in [0.05, 0.1) is 0 Å². The van der Waals surface area contributed by atoms with Gasteiger partial charge in [0.1, 0.15) is 0 Å². The molecule has 0 saturated heterocycles. The molecule has 2 nitrogen and oxygen atoms in total. The van der Waals surface area contributed by atoms with Crippen LogP contribution >= 0.6 is 0 Å². The zero-order valence-corrected chi connectivity index (χ0v) is 11.5. The fraction of sp³-hybridized carbons (Fsp3) is 0.625. The van der Waals surface area contributed by atoms with E-state index in [1.807, 2.05) is 6.07 Å². The fourth-order valence-electron chi connectivity index (χ4n) is 3.03. The van der Waals surface area contributed by atoms with Crippen molar-refractivity contribution in [3.05, 3.63) is 35.9 Å². The van der Waals surface area contributed by atoms with Crippen molar-refractivity contribution >= 4 is 0 Å². The van der Waals surface area contributed by atoms with Gasteiger partial charge in [0.15, 0.2) is 0 Å². The summed E-state index contributed by atoms with van der Waals surface area (Å²) in [5, 5.41) is 0. The Morgan fingerprint density at radius 2 is 1.83 bits per heavy atom. The summed E-state index contributed by atoms with van der Waals surface area (Å²) in [6.45, 7) is 2.17. The molecular weight excluding hydrogens is 220 g/mol. The summed E-state index contributed by atoms with van der Waals surface area (Å²) in [4.78, 5) is 2.41. The Bertz CT molecular complexity index is 330. The molecule has 0 radical (unpaired) electrons. The minimum atomic E-state index is 0.139. The SMILES string of the molecule is CN(CC1CCCCC1)CC(N)c1ccccc1. The molecule has 1 aromatic carbocycles. The lowest BCUT2D eigenvalue weighted by molar-refractivity contribution is 0.224. The average molecular weight is 246 g/mol. The van der Waals surface area contributed by atoms with Gasteiger partial charge in [0.25, 0.3) is 0 Å². The van der Waals surface area contributed by atoms with E-state index in [4.69, 9.17) is 5.73 Å². The Morgan fingerprint density at radius 3 is 2.50 bits per heavy atom. The minimum Gasteiger partial charge on any atom is -0.323 e. The molecule has 1 aromatic rings. The standard InChI is InChI=1S/C16H26N2/c1-18(12-14-8-4-2-5-9-14)13-16(17)15-10-6-3-7-11-15/h3,6-7,10-11,14,16H,2,4-5,8-9,12-13,17H2,1H3. The number of nitrogens with two attached hydrogens (primary N) is 1. The zero-order valence-electron chi connectivity index (χ0n) is 11.5. The second kappa shape index (κ2) is 6.91. The third-order valence-corrected chi connectivity index (χ3v) is 4.03. The third kappa shape index (κ3) is 4.11. The highest BCUT2D eigenvalue weighted by Crippen LogP contribution is 2.24. The monoisotopic (exact) mass is 246 g/mol. The molecule has 2 rings (SSSR count). The molecule has 1 aliphatic rings. The average Bonchev–Trinajstić information content (AvgIpc) is 2.40. The lowest BCUT2D eigenvalue weighted by Crippen LogP contribution is -2.33. The van der Waals surface area contributed by atoms with Crippen molar-refractivity contribution < 1.29 is 0 Å². The van der Waals surface area contributed by atoms with E-state index >= 15 is 0 Å². The summed E-state index contributed by atoms with van der Waals surface area (Å²) in [7, 11) is 2.21. The van der Waals surface area contributed by atoms with E-state index in [2.05, 4.69) is 36.2 Å². The highest BCUT2D eigenvalue weighted by atomic mass is 15.1. The first-order valence-corrected chi connectivity index (χ1v) is 7.25. The first kappa shape index (κ1) is 13.6. The van der Waals surface area contributed by atoms with Crippen molar-refractivity contribution in [2.24, 2.45) is 11.7 Å². The maximum Gasteiger partial charge on any atom is 0.0424 e. The first-order chi connectivity index (χ1) is 8.75. The molecule has 2 heteroatoms. The molecule has 1 atom stereocenters. The summed E-state index contributed by atoms with van der Waals surface area (Å²) in [5.74, 6) is 0.895. The van der Waals surface area contributed by atoms with Gasteiger partial charge in [-0.15, -0.1) is 0 Å². The molecule has 1 unspecified atom stereocenters. The largest absolute Gasteiger partial charge is 0.323 e. The Kier molecular flexibility index (Phi) is 5.21. The highest BCUT2D eigenvalue weighted by Gasteiger charge is 2.16. The van der Waals surface area contributed by atoms with Gasteiger partial charge in [-0.25, -0.2) is 0 Å². The van der Waals surface area contributed by atoms with E-state index in [9.17, 15) is 0 Å². The van der Waals surface area contributed by atoms with Gasteiger partial charge in [-0.3, -0.25) is 0 Å². The van der Waals surface area contributed by atoms with Crippen molar-refractivity contribution in [2.75, 3.05) is 20.1 Å². The van der Waals surface area contributed by atoms with Crippen LogP contribution < -0.4 is 5.73 Å². The van der Waals surface area contributed by atoms with Gasteiger partial charge >= 0.3 is 0 Å². The molecule has 1 aliphatic carbocycles. The second-order valence-corrected chi connectivity index (χ2v) is 5.74. The van der Waals surface area contributed by atoms with E-state index in [1.54, 1.807) is 0 Å². The molecule has 0 spiro atoms. The number of likely N-dealkylation sites (N-methyl/N-ethyl adjacent to an activating group) is 1. The van der Waals surface area contributed by atoms with E-state index in [1.165, 1.54) is 44.2 Å². The van der Waals surface area contributed by atoms with Crippen molar-refractivity contribution in [1.29, 1.82) is 0 Å². The normalized spacial score (nSPS) is 19.1. The molecule has 100 valence electrons. The smallest absolute Gasteiger partial charge is 0.0424 e. The number of hydrogen-bond acceptors (Lipinski definition) is 2. The lowest BCUT2D eigenvalue weighted by Gasteiger charge is -2.28. The highest BCUT2D eigenvalue weighted by molar-refractivity contribution is 5.18. The van der Waals surface area contributed by atoms with E-state index in [0.717, 1.165) is 12.5 Å². The van der Waals surface area contributed by atoms with Crippen molar-refractivity contribution in [3.8, 4) is 0 Å². The molecule has 0 amide bonds. The van der Waals surface area contributed by atoms with Crippen LogP contribution in [0, 0.1) is 5.92 Å². The van der Waals surface area contributed by atoms with Crippen molar-refractivity contribution in [1.82, 2.24) is 4.90 Å². The summed E-state index contributed by atoms with van der Waals surface area (Å²) in [5.41, 5.74) is 7.50. The van der Waals surface area contributed by atoms with Crippen LogP contribution in [0.5, 0.6) is 0 Å². The first-order valence-electron chi connectivity index (χ1n) is 7.25. The van der Waals surface area contributed by atoms with Gasteiger partial charge in [0.2, 0.25) is 0 Å². The number of hydrogen-bond donors (Lipinski definition) is 1. The zero-order chi connectivity index (χ0) is 12.8. The molecule has 0 aromatic heterocycles. The van der Waals surface area contributed by atoms with Crippen LogP contribution in [0.1, 0.15) is 43.7 Å². The molecule has 1 fully saturated rings. The summed E-state index contributed by atoms with van der Waals surface area (Å²) >= 11 is 0. The predicted molar refractivity (Wildman–Crippen MR) is 77.4 cm³/mol. The Labute approximate surface area is 111 Å². The van der Waals surface area contributed by atoms with Crippen molar-refractivity contribution in [2.45, 2.75) is 38.1 Å². The summed E-state index contributed by atoms with van der Waals surface area (Å²) in [6.07, 6.45) is 7.09. The molecule has 0 aliphatic heterocycles. The van der Waals surface area contributed by atoms with Gasteiger partial charge in [-0.2, -0.15) is 0 Å². The number of nitrogens with zero attached hydrogens (tertiary/aromatic N) is 1. The Morgan fingerprint density at radius 1 is 1.17 bits per heavy atom. The van der Waals surface area contributed by atoms with Gasteiger partial charge in [0, 0.05) is 19.1 Å². The van der Waals surface area contributed by atoms with Crippen LogP contribution in [0.15, 0.2) is 30.3 Å². The third-order valence-electron chi connectivity index (χ3n) is 4.03. The lowest BCUT2D eigenvalue weighted by atomic mass is 9.89. The molecule has 2 N–H and O–H groups in total. The van der Waals surface area contributed by atoms with Crippen molar-refractivity contribution in [3.63, 3.8) is 0 Å². The minimum absolute atomic E-state index is 0.139. The Balaban J connectivity index is 1.78. The van der Waals surface area contributed by atoms with Gasteiger partial charge < -0.3 is 10.6 Å². The molecule has 18 heavy (non-hydrogen) atoms. The van der Waals surface area contributed by atoms with Crippen LogP contribution in [0.3, 0.4) is 0 Å². The summed E-state index contributed by atoms with van der Waals surface area (Å²) < 4.78 is 0. The van der Waals surface area contributed by atoms with Gasteiger partial charge in [-0.1, -0.05) is 49.6 Å². The van der Waals surface area contributed by atoms with Crippen LogP contribution in [-0.2, 0) is 0 Å². The molecular formula is C16H26N2. The maximum absolute atomic E-state index is 6.26.